The van der Waals surface area contributed by atoms with Crippen LogP contribution in [0.15, 0.2) is 0 Å². The Labute approximate surface area is 64.8 Å². The van der Waals surface area contributed by atoms with Gasteiger partial charge in [0.25, 0.3) is 0 Å². The second kappa shape index (κ2) is 5.72. The first kappa shape index (κ1) is 9.96. The van der Waals surface area contributed by atoms with Gasteiger partial charge in [0, 0.05) is 0 Å². The van der Waals surface area contributed by atoms with Crippen molar-refractivity contribution in [3.05, 3.63) is 0 Å². The number of hydrogen-bond acceptors (Lipinski definition) is 1. The fraction of sp³-hybridized carbons (Fsp3) is 1.00. The van der Waals surface area contributed by atoms with Gasteiger partial charge in [-0.3, -0.25) is 0 Å². The highest BCUT2D eigenvalue weighted by Gasteiger charge is 2.13. The highest BCUT2D eigenvalue weighted by Crippen LogP contribution is 2.17. The van der Waals surface area contributed by atoms with E-state index < -0.39 is 0 Å². The summed E-state index contributed by atoms with van der Waals surface area (Å²) in [5.41, 5.74) is 0. The third-order valence-corrected chi connectivity index (χ3v) is 1.69. The lowest BCUT2D eigenvalue weighted by atomic mass is 10.1. The predicted octanol–water partition coefficient (Wildman–Crippen LogP) is 2.99. The van der Waals surface area contributed by atoms with Crippen LogP contribution in [0.3, 0.4) is 0 Å². The number of hydrogen-bond donors (Lipinski definition) is 0. The van der Waals surface area contributed by atoms with Crippen molar-refractivity contribution >= 4 is 0 Å². The Kier molecular flexibility index (Phi) is 5.70. The highest BCUT2D eigenvalue weighted by atomic mass is 16.5. The fourth-order valence-corrected chi connectivity index (χ4v) is 1.23. The van der Waals surface area contributed by atoms with Crippen LogP contribution in [0.2, 0.25) is 0 Å². The molecule has 1 aliphatic rings. The lowest BCUT2D eigenvalue weighted by Crippen LogP contribution is -2.22. The molecule has 1 nitrogen and oxygen atoms in total. The molecule has 1 fully saturated rings. The van der Waals surface area contributed by atoms with Crippen LogP contribution in [-0.4, -0.2) is 12.2 Å². The molecule has 0 bridgehead atoms. The van der Waals surface area contributed by atoms with Crippen molar-refractivity contribution in [1.82, 2.24) is 0 Å². The molecule has 0 radical (unpaired) electrons. The van der Waals surface area contributed by atoms with E-state index in [9.17, 15) is 0 Å². The lowest BCUT2D eigenvalue weighted by Gasteiger charge is -2.24. The van der Waals surface area contributed by atoms with Crippen molar-refractivity contribution in [2.24, 2.45) is 0 Å². The van der Waals surface area contributed by atoms with E-state index in [0.29, 0.717) is 12.2 Å². The SMILES string of the molecule is CC.CC1CCC[C@H](C)O1. The fourth-order valence-electron chi connectivity index (χ4n) is 1.23. The summed E-state index contributed by atoms with van der Waals surface area (Å²) in [6, 6.07) is 0. The minimum Gasteiger partial charge on any atom is -0.376 e. The third-order valence-electron chi connectivity index (χ3n) is 1.69. The van der Waals surface area contributed by atoms with Crippen LogP contribution in [0.4, 0.5) is 0 Å². The normalized spacial score (nSPS) is 32.4. The van der Waals surface area contributed by atoms with Crippen molar-refractivity contribution in [3.8, 4) is 0 Å². The molecule has 0 aliphatic carbocycles. The molecule has 1 heterocycles. The smallest absolute Gasteiger partial charge is 0.0550 e. The first-order chi connectivity index (χ1) is 4.79. The quantitative estimate of drug-likeness (QED) is 0.508. The molecule has 0 saturated carbocycles. The van der Waals surface area contributed by atoms with Crippen LogP contribution >= 0.6 is 0 Å². The topological polar surface area (TPSA) is 9.23 Å². The molecule has 1 rings (SSSR count). The summed E-state index contributed by atoms with van der Waals surface area (Å²) in [4.78, 5) is 0. The molecule has 0 amide bonds. The predicted molar refractivity (Wildman–Crippen MR) is 45.2 cm³/mol. The van der Waals surface area contributed by atoms with Crippen LogP contribution in [0, 0.1) is 0 Å². The summed E-state index contributed by atoms with van der Waals surface area (Å²) in [7, 11) is 0. The average molecular weight is 144 g/mol. The molecule has 1 unspecified atom stereocenters. The Bertz CT molecular complexity index is 63.1. The van der Waals surface area contributed by atoms with Crippen molar-refractivity contribution in [2.45, 2.75) is 59.2 Å². The standard InChI is InChI=1S/C7H14O.C2H6/c1-6-4-3-5-7(2)8-6;1-2/h6-7H,3-5H2,1-2H3;1-2H3/t6-,7?;/m0./s1. The van der Waals surface area contributed by atoms with E-state index in [-0.39, 0.29) is 0 Å². The van der Waals surface area contributed by atoms with E-state index in [4.69, 9.17) is 4.74 Å². The van der Waals surface area contributed by atoms with E-state index in [1.165, 1.54) is 19.3 Å². The zero-order valence-corrected chi connectivity index (χ0v) is 7.68. The van der Waals surface area contributed by atoms with E-state index in [2.05, 4.69) is 13.8 Å². The molecule has 2 atom stereocenters. The summed E-state index contributed by atoms with van der Waals surface area (Å²) in [5, 5.41) is 0. The number of rotatable bonds is 0. The molecule has 1 aliphatic heterocycles. The minimum atomic E-state index is 0.513. The van der Waals surface area contributed by atoms with Gasteiger partial charge in [0.05, 0.1) is 12.2 Å². The second-order valence-corrected chi connectivity index (χ2v) is 2.69. The maximum atomic E-state index is 5.49. The van der Waals surface area contributed by atoms with Gasteiger partial charge in [-0.05, 0) is 33.1 Å². The lowest BCUT2D eigenvalue weighted by molar-refractivity contribution is -0.0292. The Morgan fingerprint density at radius 2 is 1.40 bits per heavy atom. The number of ether oxygens (including phenoxy) is 1. The van der Waals surface area contributed by atoms with Crippen molar-refractivity contribution in [1.29, 1.82) is 0 Å². The molecular weight excluding hydrogens is 124 g/mol. The molecule has 0 N–H and O–H groups in total. The zero-order chi connectivity index (χ0) is 7.98. The van der Waals surface area contributed by atoms with E-state index in [0.717, 1.165) is 0 Å². The van der Waals surface area contributed by atoms with Crippen LogP contribution in [0.25, 0.3) is 0 Å². The van der Waals surface area contributed by atoms with Crippen LogP contribution in [0.5, 0.6) is 0 Å². The van der Waals surface area contributed by atoms with Crippen molar-refractivity contribution in [2.75, 3.05) is 0 Å². The summed E-state index contributed by atoms with van der Waals surface area (Å²) < 4.78 is 5.49. The van der Waals surface area contributed by atoms with Crippen LogP contribution in [-0.2, 0) is 4.74 Å². The molecule has 0 aromatic carbocycles. The van der Waals surface area contributed by atoms with Gasteiger partial charge in [-0.15, -0.1) is 0 Å². The monoisotopic (exact) mass is 144 g/mol. The molecule has 62 valence electrons. The minimum absolute atomic E-state index is 0.513. The summed E-state index contributed by atoms with van der Waals surface area (Å²) in [6.07, 6.45) is 4.88. The van der Waals surface area contributed by atoms with Crippen LogP contribution < -0.4 is 0 Å². The summed E-state index contributed by atoms with van der Waals surface area (Å²) in [5.74, 6) is 0. The summed E-state index contributed by atoms with van der Waals surface area (Å²) in [6.45, 7) is 8.30. The third kappa shape index (κ3) is 3.89. The first-order valence-electron chi connectivity index (χ1n) is 4.44. The van der Waals surface area contributed by atoms with Gasteiger partial charge in [-0.1, -0.05) is 13.8 Å². The van der Waals surface area contributed by atoms with E-state index >= 15 is 0 Å². The van der Waals surface area contributed by atoms with E-state index in [1.54, 1.807) is 0 Å². The Balaban J connectivity index is 0.000000371. The molecule has 10 heavy (non-hydrogen) atoms. The largest absolute Gasteiger partial charge is 0.376 e. The Morgan fingerprint density at radius 3 is 1.60 bits per heavy atom. The molecule has 0 aromatic heterocycles. The van der Waals surface area contributed by atoms with Crippen LogP contribution in [0.1, 0.15) is 47.0 Å². The van der Waals surface area contributed by atoms with Gasteiger partial charge in [0.2, 0.25) is 0 Å². The van der Waals surface area contributed by atoms with Crippen molar-refractivity contribution in [3.63, 3.8) is 0 Å². The van der Waals surface area contributed by atoms with Gasteiger partial charge in [-0.2, -0.15) is 0 Å². The first-order valence-corrected chi connectivity index (χ1v) is 4.44. The molecule has 0 spiro atoms. The Morgan fingerprint density at radius 1 is 1.00 bits per heavy atom. The maximum absolute atomic E-state index is 5.49. The second-order valence-electron chi connectivity index (χ2n) is 2.69. The zero-order valence-electron chi connectivity index (χ0n) is 7.68. The van der Waals surface area contributed by atoms with E-state index in [1.807, 2.05) is 13.8 Å². The average Bonchev–Trinajstić information content (AvgIpc) is 1.91. The van der Waals surface area contributed by atoms with Gasteiger partial charge < -0.3 is 4.74 Å². The molecule has 1 saturated heterocycles. The highest BCUT2D eigenvalue weighted by molar-refractivity contribution is 4.63. The van der Waals surface area contributed by atoms with Crippen molar-refractivity contribution < 1.29 is 4.74 Å². The summed E-state index contributed by atoms with van der Waals surface area (Å²) >= 11 is 0. The van der Waals surface area contributed by atoms with Gasteiger partial charge >= 0.3 is 0 Å². The Hall–Kier alpha value is -0.0400. The molecule has 0 aromatic rings. The van der Waals surface area contributed by atoms with Gasteiger partial charge in [-0.25, -0.2) is 0 Å². The molecular formula is C9H20O. The van der Waals surface area contributed by atoms with Gasteiger partial charge in [0.15, 0.2) is 0 Å². The molecule has 1 heteroatoms. The maximum Gasteiger partial charge on any atom is 0.0550 e. The van der Waals surface area contributed by atoms with Gasteiger partial charge in [0.1, 0.15) is 0 Å².